The average molecular weight is 267 g/mol. The van der Waals surface area contributed by atoms with E-state index in [9.17, 15) is 4.39 Å². The Labute approximate surface area is 113 Å². The topological polar surface area (TPSA) is 44.5 Å². The number of ether oxygens (including phenoxy) is 2. The van der Waals surface area contributed by atoms with Crippen LogP contribution in [0.25, 0.3) is 0 Å². The Hall–Kier alpha value is -1.13. The minimum absolute atomic E-state index is 0.250. The molecule has 2 rings (SSSR count). The molecule has 0 saturated heterocycles. The van der Waals surface area contributed by atoms with Gasteiger partial charge in [0.05, 0.1) is 12.7 Å². The minimum Gasteiger partial charge on any atom is -0.491 e. The van der Waals surface area contributed by atoms with Crippen molar-refractivity contribution in [2.45, 2.75) is 31.8 Å². The average Bonchev–Trinajstić information content (AvgIpc) is 2.46. The van der Waals surface area contributed by atoms with Crippen LogP contribution in [0, 0.1) is 11.7 Å². The van der Waals surface area contributed by atoms with E-state index in [1.807, 2.05) is 0 Å². The molecule has 0 spiro atoms. The molecule has 3 nitrogen and oxygen atoms in total. The molecule has 0 bridgehead atoms. The SMILES string of the molecule is NCC1CCC(OCCOc2ccc(F)cc2)CC1. The Morgan fingerprint density at radius 3 is 2.37 bits per heavy atom. The van der Waals surface area contributed by atoms with Gasteiger partial charge >= 0.3 is 0 Å². The van der Waals surface area contributed by atoms with Crippen molar-refractivity contribution in [2.24, 2.45) is 11.7 Å². The highest BCUT2D eigenvalue weighted by Gasteiger charge is 2.20. The van der Waals surface area contributed by atoms with E-state index < -0.39 is 0 Å². The lowest BCUT2D eigenvalue weighted by Gasteiger charge is -2.27. The molecule has 1 aromatic carbocycles. The van der Waals surface area contributed by atoms with Gasteiger partial charge in [0.1, 0.15) is 18.2 Å². The van der Waals surface area contributed by atoms with Gasteiger partial charge in [-0.25, -0.2) is 4.39 Å². The molecule has 1 fully saturated rings. The second-order valence-electron chi connectivity index (χ2n) is 5.05. The zero-order valence-electron chi connectivity index (χ0n) is 11.2. The van der Waals surface area contributed by atoms with Gasteiger partial charge in [0, 0.05) is 0 Å². The van der Waals surface area contributed by atoms with Crippen LogP contribution in [0.3, 0.4) is 0 Å². The maximum Gasteiger partial charge on any atom is 0.123 e. The second kappa shape index (κ2) is 7.46. The zero-order valence-corrected chi connectivity index (χ0v) is 11.2. The first kappa shape index (κ1) is 14.3. The summed E-state index contributed by atoms with van der Waals surface area (Å²) in [6.07, 6.45) is 4.87. The van der Waals surface area contributed by atoms with Gasteiger partial charge in [0.25, 0.3) is 0 Å². The molecule has 1 aliphatic rings. The molecular weight excluding hydrogens is 245 g/mol. The molecule has 0 unspecified atom stereocenters. The van der Waals surface area contributed by atoms with Gasteiger partial charge in [-0.05, 0) is 62.4 Å². The van der Waals surface area contributed by atoms with Crippen molar-refractivity contribution in [1.82, 2.24) is 0 Å². The summed E-state index contributed by atoms with van der Waals surface area (Å²) >= 11 is 0. The van der Waals surface area contributed by atoms with Crippen LogP contribution in [0.15, 0.2) is 24.3 Å². The van der Waals surface area contributed by atoms with Crippen LogP contribution in [-0.2, 0) is 4.74 Å². The lowest BCUT2D eigenvalue weighted by molar-refractivity contribution is 0.00497. The molecule has 0 aromatic heterocycles. The Morgan fingerprint density at radius 2 is 1.74 bits per heavy atom. The Balaban J connectivity index is 1.58. The van der Waals surface area contributed by atoms with E-state index in [4.69, 9.17) is 15.2 Å². The summed E-state index contributed by atoms with van der Waals surface area (Å²) in [5.74, 6) is 1.10. The van der Waals surface area contributed by atoms with E-state index in [1.54, 1.807) is 12.1 Å². The third kappa shape index (κ3) is 4.80. The molecule has 0 radical (unpaired) electrons. The van der Waals surface area contributed by atoms with Crippen LogP contribution in [0.4, 0.5) is 4.39 Å². The lowest BCUT2D eigenvalue weighted by Crippen LogP contribution is -2.27. The molecule has 1 saturated carbocycles. The molecule has 0 amide bonds. The molecule has 0 heterocycles. The molecular formula is C15H22FNO2. The fraction of sp³-hybridized carbons (Fsp3) is 0.600. The standard InChI is InChI=1S/C15H22FNO2/c16-13-3-7-15(8-4-13)19-10-9-18-14-5-1-12(11-17)2-6-14/h3-4,7-8,12,14H,1-2,5-6,9-11,17H2. The van der Waals surface area contributed by atoms with E-state index in [2.05, 4.69) is 0 Å². The van der Waals surface area contributed by atoms with Gasteiger partial charge < -0.3 is 15.2 Å². The van der Waals surface area contributed by atoms with E-state index >= 15 is 0 Å². The van der Waals surface area contributed by atoms with Gasteiger partial charge in [-0.3, -0.25) is 0 Å². The highest BCUT2D eigenvalue weighted by molar-refractivity contribution is 5.21. The summed E-state index contributed by atoms with van der Waals surface area (Å²) in [4.78, 5) is 0. The lowest BCUT2D eigenvalue weighted by atomic mass is 9.87. The smallest absolute Gasteiger partial charge is 0.123 e. The van der Waals surface area contributed by atoms with E-state index in [0.29, 0.717) is 31.0 Å². The zero-order chi connectivity index (χ0) is 13.5. The summed E-state index contributed by atoms with van der Waals surface area (Å²) in [5.41, 5.74) is 5.66. The number of halogens is 1. The second-order valence-corrected chi connectivity index (χ2v) is 5.05. The van der Waals surface area contributed by atoms with Crippen molar-refractivity contribution in [1.29, 1.82) is 0 Å². The van der Waals surface area contributed by atoms with Crippen LogP contribution in [-0.4, -0.2) is 25.9 Å². The van der Waals surface area contributed by atoms with Crippen molar-refractivity contribution in [3.63, 3.8) is 0 Å². The first-order chi connectivity index (χ1) is 9.28. The van der Waals surface area contributed by atoms with Crippen molar-refractivity contribution in [2.75, 3.05) is 19.8 Å². The van der Waals surface area contributed by atoms with E-state index in [-0.39, 0.29) is 5.82 Å². The van der Waals surface area contributed by atoms with Crippen LogP contribution < -0.4 is 10.5 Å². The molecule has 1 aliphatic carbocycles. The normalized spacial score (nSPS) is 23.3. The van der Waals surface area contributed by atoms with Crippen LogP contribution in [0.2, 0.25) is 0 Å². The number of hydrogen-bond acceptors (Lipinski definition) is 3. The Morgan fingerprint density at radius 1 is 1.05 bits per heavy atom. The summed E-state index contributed by atoms with van der Waals surface area (Å²) in [7, 11) is 0. The molecule has 4 heteroatoms. The van der Waals surface area contributed by atoms with Gasteiger partial charge in [-0.2, -0.15) is 0 Å². The molecule has 1 aromatic rings. The summed E-state index contributed by atoms with van der Waals surface area (Å²) in [6, 6.07) is 6.04. The van der Waals surface area contributed by atoms with E-state index in [1.165, 1.54) is 25.0 Å². The Kier molecular flexibility index (Phi) is 5.61. The number of hydrogen-bond donors (Lipinski definition) is 1. The first-order valence-electron chi connectivity index (χ1n) is 6.98. The maximum absolute atomic E-state index is 12.7. The third-order valence-corrected chi connectivity index (χ3v) is 3.65. The van der Waals surface area contributed by atoms with Crippen molar-refractivity contribution < 1.29 is 13.9 Å². The largest absolute Gasteiger partial charge is 0.491 e. The number of rotatable bonds is 6. The van der Waals surface area contributed by atoms with Crippen molar-refractivity contribution >= 4 is 0 Å². The predicted molar refractivity (Wildman–Crippen MR) is 72.6 cm³/mol. The molecule has 2 N–H and O–H groups in total. The summed E-state index contributed by atoms with van der Waals surface area (Å²) < 4.78 is 24.0. The first-order valence-corrected chi connectivity index (χ1v) is 6.98. The molecule has 106 valence electrons. The van der Waals surface area contributed by atoms with Crippen molar-refractivity contribution in [3.8, 4) is 5.75 Å². The van der Waals surface area contributed by atoms with Crippen LogP contribution >= 0.6 is 0 Å². The Bertz CT molecular complexity index is 361. The summed E-state index contributed by atoms with van der Waals surface area (Å²) in [5, 5.41) is 0. The predicted octanol–water partition coefficient (Wildman–Crippen LogP) is 2.74. The molecule has 19 heavy (non-hydrogen) atoms. The maximum atomic E-state index is 12.7. The number of nitrogens with two attached hydrogens (primary N) is 1. The van der Waals surface area contributed by atoms with Gasteiger partial charge in [0.2, 0.25) is 0 Å². The van der Waals surface area contributed by atoms with E-state index in [0.717, 1.165) is 19.4 Å². The third-order valence-electron chi connectivity index (χ3n) is 3.65. The molecule has 0 atom stereocenters. The summed E-state index contributed by atoms with van der Waals surface area (Å²) in [6.45, 7) is 1.87. The fourth-order valence-corrected chi connectivity index (χ4v) is 2.44. The highest BCUT2D eigenvalue weighted by Crippen LogP contribution is 2.25. The highest BCUT2D eigenvalue weighted by atomic mass is 19.1. The minimum atomic E-state index is -0.250. The van der Waals surface area contributed by atoms with Crippen LogP contribution in [0.1, 0.15) is 25.7 Å². The van der Waals surface area contributed by atoms with Gasteiger partial charge in [0.15, 0.2) is 0 Å². The van der Waals surface area contributed by atoms with Crippen LogP contribution in [0.5, 0.6) is 5.75 Å². The van der Waals surface area contributed by atoms with Gasteiger partial charge in [-0.15, -0.1) is 0 Å². The van der Waals surface area contributed by atoms with Crippen molar-refractivity contribution in [3.05, 3.63) is 30.1 Å². The number of benzene rings is 1. The fourth-order valence-electron chi connectivity index (χ4n) is 2.44. The monoisotopic (exact) mass is 267 g/mol. The quantitative estimate of drug-likeness (QED) is 0.806. The van der Waals surface area contributed by atoms with Gasteiger partial charge in [-0.1, -0.05) is 0 Å². The molecule has 0 aliphatic heterocycles.